The van der Waals surface area contributed by atoms with Crippen LogP contribution in [0.1, 0.15) is 24.1 Å². The van der Waals surface area contributed by atoms with Gasteiger partial charge in [-0.05, 0) is 24.6 Å². The van der Waals surface area contributed by atoms with Gasteiger partial charge in [0, 0.05) is 24.8 Å². The molecule has 0 bridgehead atoms. The molecule has 1 atom stereocenters. The van der Waals surface area contributed by atoms with Crippen molar-refractivity contribution in [2.45, 2.75) is 25.9 Å². The number of carbonyl (C=O) groups is 1. The summed E-state index contributed by atoms with van der Waals surface area (Å²) in [6.45, 7) is 2.85. The van der Waals surface area contributed by atoms with E-state index in [1.54, 1.807) is 22.9 Å². The summed E-state index contributed by atoms with van der Waals surface area (Å²) in [5, 5.41) is 4.23. The molecule has 2 heterocycles. The van der Waals surface area contributed by atoms with Crippen molar-refractivity contribution in [1.29, 1.82) is 0 Å². The minimum atomic E-state index is -3.18. The number of methoxy groups -OCH3 is 1. The number of nitrogens with zero attached hydrogens (tertiary/aromatic N) is 3. The van der Waals surface area contributed by atoms with Gasteiger partial charge in [-0.1, -0.05) is 12.1 Å². The number of rotatable bonds is 5. The van der Waals surface area contributed by atoms with Gasteiger partial charge >= 0.3 is 0 Å². The first-order valence-electron chi connectivity index (χ1n) is 8.57. The van der Waals surface area contributed by atoms with Gasteiger partial charge in [-0.15, -0.1) is 0 Å². The van der Waals surface area contributed by atoms with Crippen LogP contribution >= 0.6 is 0 Å². The molecule has 26 heavy (non-hydrogen) atoms. The molecule has 2 aromatic rings. The largest absolute Gasteiger partial charge is 0.497 e. The monoisotopic (exact) mass is 377 g/mol. The van der Waals surface area contributed by atoms with Crippen molar-refractivity contribution in [3.63, 3.8) is 0 Å². The van der Waals surface area contributed by atoms with Crippen molar-refractivity contribution in [2.24, 2.45) is 0 Å². The zero-order valence-electron chi connectivity index (χ0n) is 15.0. The molecule has 7 nitrogen and oxygen atoms in total. The maximum atomic E-state index is 12.9. The summed E-state index contributed by atoms with van der Waals surface area (Å²) in [5.41, 5.74) is 1.60. The molecule has 1 unspecified atom stereocenters. The van der Waals surface area contributed by atoms with Crippen LogP contribution in [0.3, 0.4) is 0 Å². The Morgan fingerprint density at radius 3 is 2.88 bits per heavy atom. The SMILES string of the molecule is CCn1cc(C2CS(=O)(=O)CCN2C(=O)Cc2cccc(OC)c2)cn1. The molecule has 1 aromatic heterocycles. The Hall–Kier alpha value is -2.35. The molecule has 0 radical (unpaired) electrons. The first-order chi connectivity index (χ1) is 12.4. The van der Waals surface area contributed by atoms with Crippen molar-refractivity contribution in [3.8, 4) is 5.75 Å². The Balaban J connectivity index is 1.83. The average Bonchev–Trinajstić information content (AvgIpc) is 3.10. The van der Waals surface area contributed by atoms with Gasteiger partial charge < -0.3 is 9.64 Å². The van der Waals surface area contributed by atoms with Crippen LogP contribution in [0.25, 0.3) is 0 Å². The molecule has 1 aliphatic heterocycles. The third-order valence-corrected chi connectivity index (χ3v) is 6.23. The molecule has 8 heteroatoms. The molecule has 0 spiro atoms. The number of carbonyl (C=O) groups excluding carboxylic acids is 1. The lowest BCUT2D eigenvalue weighted by molar-refractivity contribution is -0.132. The van der Waals surface area contributed by atoms with Crippen LogP contribution in [0.5, 0.6) is 5.75 Å². The fourth-order valence-corrected chi connectivity index (χ4v) is 4.66. The second kappa shape index (κ2) is 7.49. The lowest BCUT2D eigenvalue weighted by Crippen LogP contribution is -2.46. The summed E-state index contributed by atoms with van der Waals surface area (Å²) in [6.07, 6.45) is 3.67. The second-order valence-corrected chi connectivity index (χ2v) is 8.60. The Morgan fingerprint density at radius 1 is 1.38 bits per heavy atom. The maximum absolute atomic E-state index is 12.9. The van der Waals surface area contributed by atoms with E-state index in [1.165, 1.54) is 0 Å². The quantitative estimate of drug-likeness (QED) is 0.788. The minimum absolute atomic E-state index is 0.00470. The van der Waals surface area contributed by atoms with Gasteiger partial charge in [0.15, 0.2) is 9.84 Å². The number of benzene rings is 1. The molecule has 1 amide bonds. The number of aryl methyl sites for hydroxylation is 1. The van der Waals surface area contributed by atoms with Gasteiger partial charge in [0.2, 0.25) is 5.91 Å². The number of amides is 1. The summed E-state index contributed by atoms with van der Waals surface area (Å²) in [4.78, 5) is 14.6. The van der Waals surface area contributed by atoms with Crippen LogP contribution in [0.15, 0.2) is 36.7 Å². The van der Waals surface area contributed by atoms with Crippen LogP contribution in [0.2, 0.25) is 0 Å². The van der Waals surface area contributed by atoms with E-state index in [0.29, 0.717) is 12.3 Å². The average molecular weight is 377 g/mol. The number of aromatic nitrogens is 2. The van der Waals surface area contributed by atoms with E-state index in [9.17, 15) is 13.2 Å². The van der Waals surface area contributed by atoms with Crippen LogP contribution in [0.4, 0.5) is 0 Å². The Morgan fingerprint density at radius 2 is 2.19 bits per heavy atom. The van der Waals surface area contributed by atoms with Crippen molar-refractivity contribution in [2.75, 3.05) is 25.2 Å². The lowest BCUT2D eigenvalue weighted by atomic mass is 10.1. The highest BCUT2D eigenvalue weighted by Gasteiger charge is 2.35. The molecule has 1 fully saturated rings. The summed E-state index contributed by atoms with van der Waals surface area (Å²) in [6, 6.07) is 6.86. The van der Waals surface area contributed by atoms with E-state index >= 15 is 0 Å². The van der Waals surface area contributed by atoms with E-state index in [0.717, 1.165) is 11.1 Å². The van der Waals surface area contributed by atoms with Gasteiger partial charge in [0.25, 0.3) is 0 Å². The van der Waals surface area contributed by atoms with Gasteiger partial charge in [-0.2, -0.15) is 5.10 Å². The molecule has 1 saturated heterocycles. The van der Waals surface area contributed by atoms with E-state index in [2.05, 4.69) is 5.10 Å². The summed E-state index contributed by atoms with van der Waals surface area (Å²) in [5.74, 6) is 0.529. The highest BCUT2D eigenvalue weighted by atomic mass is 32.2. The number of hydrogen-bond acceptors (Lipinski definition) is 5. The molecular weight excluding hydrogens is 354 g/mol. The highest BCUT2D eigenvalue weighted by molar-refractivity contribution is 7.91. The van der Waals surface area contributed by atoms with Gasteiger partial charge in [0.05, 0.1) is 37.3 Å². The molecule has 1 aromatic carbocycles. The van der Waals surface area contributed by atoms with Crippen molar-refractivity contribution in [1.82, 2.24) is 14.7 Å². The van der Waals surface area contributed by atoms with Crippen molar-refractivity contribution >= 4 is 15.7 Å². The first kappa shape index (κ1) is 18.4. The number of ether oxygens (including phenoxy) is 1. The zero-order valence-corrected chi connectivity index (χ0v) is 15.8. The molecule has 0 saturated carbocycles. The predicted molar refractivity (Wildman–Crippen MR) is 97.7 cm³/mol. The Bertz CT molecular complexity index is 891. The molecule has 0 aliphatic carbocycles. The fraction of sp³-hybridized carbons (Fsp3) is 0.444. The topological polar surface area (TPSA) is 81.5 Å². The van der Waals surface area contributed by atoms with Gasteiger partial charge in [-0.3, -0.25) is 9.48 Å². The van der Waals surface area contributed by atoms with Crippen molar-refractivity contribution in [3.05, 3.63) is 47.8 Å². The molecular formula is C18H23N3O4S. The predicted octanol–water partition coefficient (Wildman–Crippen LogP) is 1.45. The van der Waals surface area contributed by atoms with Crippen LogP contribution < -0.4 is 4.74 Å². The van der Waals surface area contributed by atoms with Crippen LogP contribution in [-0.2, 0) is 27.6 Å². The van der Waals surface area contributed by atoms with Gasteiger partial charge in [-0.25, -0.2) is 8.42 Å². The van der Waals surface area contributed by atoms with Crippen LogP contribution in [-0.4, -0.2) is 54.2 Å². The van der Waals surface area contributed by atoms with E-state index in [4.69, 9.17) is 4.74 Å². The van der Waals surface area contributed by atoms with Crippen molar-refractivity contribution < 1.29 is 17.9 Å². The molecule has 0 N–H and O–H groups in total. The third kappa shape index (κ3) is 4.07. The normalized spacial score (nSPS) is 19.3. The summed E-state index contributed by atoms with van der Waals surface area (Å²) >= 11 is 0. The number of sulfone groups is 1. The van der Waals surface area contributed by atoms with E-state index < -0.39 is 15.9 Å². The fourth-order valence-electron chi connectivity index (χ4n) is 3.16. The van der Waals surface area contributed by atoms with E-state index in [1.807, 2.05) is 37.4 Å². The van der Waals surface area contributed by atoms with E-state index in [-0.39, 0.29) is 30.4 Å². The molecule has 140 valence electrons. The first-order valence-corrected chi connectivity index (χ1v) is 10.4. The Labute approximate surface area is 153 Å². The standard InChI is InChI=1S/C18H23N3O4S/c1-3-20-12-15(11-19-20)17-13-26(23,24)8-7-21(17)18(22)10-14-5-4-6-16(9-14)25-2/h4-6,9,11-12,17H,3,7-8,10,13H2,1-2H3. The Kier molecular flexibility index (Phi) is 5.31. The molecule has 1 aliphatic rings. The molecule has 3 rings (SSSR count). The minimum Gasteiger partial charge on any atom is -0.497 e. The zero-order chi connectivity index (χ0) is 18.7. The number of hydrogen-bond donors (Lipinski definition) is 0. The van der Waals surface area contributed by atoms with Gasteiger partial charge in [0.1, 0.15) is 5.75 Å². The maximum Gasteiger partial charge on any atom is 0.227 e. The second-order valence-electron chi connectivity index (χ2n) is 6.37. The third-order valence-electron chi connectivity index (χ3n) is 4.60. The summed E-state index contributed by atoms with van der Waals surface area (Å²) < 4.78 is 31.2. The van der Waals surface area contributed by atoms with Crippen LogP contribution in [0, 0.1) is 0 Å². The lowest BCUT2D eigenvalue weighted by Gasteiger charge is -2.35. The highest BCUT2D eigenvalue weighted by Crippen LogP contribution is 2.27. The summed E-state index contributed by atoms with van der Waals surface area (Å²) in [7, 11) is -1.60. The smallest absolute Gasteiger partial charge is 0.227 e.